The summed E-state index contributed by atoms with van der Waals surface area (Å²) in [5, 5.41) is 2.02. The number of rotatable bonds is 12. The van der Waals surface area contributed by atoms with Gasteiger partial charge in [0, 0.05) is 31.7 Å². The molecule has 12 nitrogen and oxygen atoms in total. The van der Waals surface area contributed by atoms with Crippen LogP contribution >= 0.6 is 0 Å². The first-order valence-electron chi connectivity index (χ1n) is 11.6. The van der Waals surface area contributed by atoms with E-state index in [1.807, 2.05) is 6.92 Å². The summed E-state index contributed by atoms with van der Waals surface area (Å²) in [6, 6.07) is 2.67. The molecule has 1 aliphatic rings. The summed E-state index contributed by atoms with van der Waals surface area (Å²) in [6.07, 6.45) is 6.96. The van der Waals surface area contributed by atoms with Gasteiger partial charge >= 0.3 is 0 Å². The molecule has 0 radical (unpaired) electrons. The van der Waals surface area contributed by atoms with Crippen molar-refractivity contribution in [1.82, 2.24) is 24.9 Å². The molecule has 0 aliphatic heterocycles. The summed E-state index contributed by atoms with van der Waals surface area (Å²) >= 11 is 0. The van der Waals surface area contributed by atoms with Gasteiger partial charge in [0.05, 0.1) is 41.6 Å². The largest absolute Gasteiger partial charge is 0.477 e. The molecule has 1 atom stereocenters. The highest BCUT2D eigenvalue weighted by atomic mass is 32.2. The topological polar surface area (TPSA) is 158 Å². The van der Waals surface area contributed by atoms with E-state index in [0.29, 0.717) is 36.6 Å². The number of nitrogens with zero attached hydrogens (tertiary/aromatic N) is 5. The molecule has 1 fully saturated rings. The lowest BCUT2D eigenvalue weighted by Gasteiger charge is -2.17. The van der Waals surface area contributed by atoms with Crippen molar-refractivity contribution in [3.8, 4) is 17.1 Å². The smallest absolute Gasteiger partial charge is 0.237 e. The Hall–Kier alpha value is -3.78. The average Bonchev–Trinajstić information content (AvgIpc) is 3.72. The number of hydrogen-bond acceptors (Lipinski definition) is 10. The Bertz CT molecular complexity index is 1370. The molecular weight excluding hydrogens is 505 g/mol. The zero-order valence-corrected chi connectivity index (χ0v) is 21.0. The van der Waals surface area contributed by atoms with Crippen LogP contribution in [0.25, 0.3) is 11.3 Å². The fourth-order valence-electron chi connectivity index (χ4n) is 3.43. The van der Waals surface area contributed by atoms with E-state index < -0.39 is 32.9 Å². The molecule has 1 aliphatic carbocycles. The Balaban J connectivity index is 1.53. The Kier molecular flexibility index (Phi) is 8.18. The fourth-order valence-corrected chi connectivity index (χ4v) is 4.71. The number of methoxy groups -OCH3 is 1. The zero-order chi connectivity index (χ0) is 26.4. The lowest BCUT2D eigenvalue weighted by molar-refractivity contribution is -0.118. The Morgan fingerprint density at radius 1 is 1.22 bits per heavy atom. The van der Waals surface area contributed by atoms with E-state index in [1.54, 1.807) is 0 Å². The van der Waals surface area contributed by atoms with Gasteiger partial charge in [-0.1, -0.05) is 0 Å². The second kappa shape index (κ2) is 11.5. The number of sulfonamides is 1. The minimum atomic E-state index is -3.58. The molecule has 0 spiro atoms. The van der Waals surface area contributed by atoms with Crippen LogP contribution in [-0.4, -0.2) is 64.8 Å². The summed E-state index contributed by atoms with van der Waals surface area (Å²) in [4.78, 5) is 33.7. The molecule has 3 aromatic rings. The van der Waals surface area contributed by atoms with E-state index in [1.165, 1.54) is 44.0 Å². The number of hydrogen-bond donors (Lipinski definition) is 2. The maximum Gasteiger partial charge on any atom is 0.237 e. The number of ether oxygens (including phenoxy) is 2. The van der Waals surface area contributed by atoms with E-state index >= 15 is 0 Å². The molecule has 1 unspecified atom stereocenters. The number of pyridine rings is 1. The molecule has 1 amide bonds. The quantitative estimate of drug-likeness (QED) is 0.356. The van der Waals surface area contributed by atoms with Gasteiger partial charge in [0.2, 0.25) is 27.8 Å². The number of carbonyl (C=O) groups is 1. The van der Waals surface area contributed by atoms with E-state index in [2.05, 4.69) is 35.0 Å². The molecule has 2 N–H and O–H groups in total. The standard InChI is InChI=1S/C23H26FN7O5S/c1-3-36-20-13-25-12-19(28-20)14-10-17(24)21(27-11-14)30-22(32)16(7-9-35-2)18-6-8-26-23(29-18)31-37(33,34)15-4-5-15/h6,8,10-13,15-16H,3-5,7,9H2,1-2H3,(H,26,29,31)(H,27,30,32). The van der Waals surface area contributed by atoms with Crippen LogP contribution in [-0.2, 0) is 19.6 Å². The van der Waals surface area contributed by atoms with Crippen LogP contribution < -0.4 is 14.8 Å². The Labute approximate surface area is 213 Å². The van der Waals surface area contributed by atoms with Crippen LogP contribution in [0.3, 0.4) is 0 Å². The normalized spacial score (nSPS) is 14.1. The van der Waals surface area contributed by atoms with Gasteiger partial charge in [-0.25, -0.2) is 32.7 Å². The molecule has 1 saturated carbocycles. The first-order chi connectivity index (χ1) is 17.8. The van der Waals surface area contributed by atoms with Gasteiger partial charge in [0.25, 0.3) is 0 Å². The van der Waals surface area contributed by atoms with Gasteiger partial charge in [-0.05, 0) is 38.3 Å². The Morgan fingerprint density at radius 2 is 2.03 bits per heavy atom. The van der Waals surface area contributed by atoms with Crippen molar-refractivity contribution in [1.29, 1.82) is 0 Å². The number of halogens is 1. The van der Waals surface area contributed by atoms with Gasteiger partial charge < -0.3 is 14.8 Å². The van der Waals surface area contributed by atoms with Crippen molar-refractivity contribution in [2.45, 2.75) is 37.4 Å². The highest BCUT2D eigenvalue weighted by molar-refractivity contribution is 7.93. The third-order valence-electron chi connectivity index (χ3n) is 5.44. The van der Waals surface area contributed by atoms with Crippen LogP contribution in [0.2, 0.25) is 0 Å². The highest BCUT2D eigenvalue weighted by Gasteiger charge is 2.36. The van der Waals surface area contributed by atoms with Crippen molar-refractivity contribution in [3.63, 3.8) is 0 Å². The molecule has 4 rings (SSSR count). The number of aromatic nitrogens is 5. The summed E-state index contributed by atoms with van der Waals surface area (Å²) in [5.41, 5.74) is 0.956. The average molecular weight is 532 g/mol. The number of carbonyl (C=O) groups excluding carboxylic acids is 1. The summed E-state index contributed by atoms with van der Waals surface area (Å²) < 4.78 is 52.2. The van der Waals surface area contributed by atoms with Crippen molar-refractivity contribution in [2.75, 3.05) is 30.4 Å². The lowest BCUT2D eigenvalue weighted by atomic mass is 10.0. The molecule has 3 heterocycles. The molecule has 196 valence electrons. The van der Waals surface area contributed by atoms with Crippen molar-refractivity contribution >= 4 is 27.7 Å². The molecule has 0 saturated heterocycles. The van der Waals surface area contributed by atoms with Crippen molar-refractivity contribution in [3.05, 3.63) is 48.4 Å². The van der Waals surface area contributed by atoms with Gasteiger partial charge in [-0.2, -0.15) is 0 Å². The zero-order valence-electron chi connectivity index (χ0n) is 20.2. The predicted octanol–water partition coefficient (Wildman–Crippen LogP) is 2.53. The first kappa shape index (κ1) is 26.3. The second-order valence-electron chi connectivity index (χ2n) is 8.20. The maximum absolute atomic E-state index is 14.9. The third-order valence-corrected chi connectivity index (χ3v) is 7.26. The van der Waals surface area contributed by atoms with Crippen LogP contribution in [0.15, 0.2) is 36.9 Å². The number of nitrogens with one attached hydrogen (secondary N) is 2. The summed E-state index contributed by atoms with van der Waals surface area (Å²) in [7, 11) is -2.10. The van der Waals surface area contributed by atoms with Gasteiger partial charge in [0.1, 0.15) is 0 Å². The summed E-state index contributed by atoms with van der Waals surface area (Å²) in [6.45, 7) is 2.41. The first-order valence-corrected chi connectivity index (χ1v) is 13.1. The molecular formula is C23H26FN7O5S. The van der Waals surface area contributed by atoms with E-state index in [9.17, 15) is 17.6 Å². The van der Waals surface area contributed by atoms with Crippen molar-refractivity contribution in [2.24, 2.45) is 0 Å². The predicted molar refractivity (Wildman–Crippen MR) is 132 cm³/mol. The highest BCUT2D eigenvalue weighted by Crippen LogP contribution is 2.29. The van der Waals surface area contributed by atoms with Crippen LogP contribution in [0.5, 0.6) is 5.88 Å². The minimum absolute atomic E-state index is 0.135. The van der Waals surface area contributed by atoms with Crippen LogP contribution in [0.4, 0.5) is 16.2 Å². The number of anilines is 2. The van der Waals surface area contributed by atoms with Crippen LogP contribution in [0.1, 0.15) is 37.8 Å². The molecule has 0 aromatic carbocycles. The monoisotopic (exact) mass is 531 g/mol. The fraction of sp³-hybridized carbons (Fsp3) is 0.391. The lowest BCUT2D eigenvalue weighted by Crippen LogP contribution is -2.25. The molecule has 0 bridgehead atoms. The van der Waals surface area contributed by atoms with Crippen molar-refractivity contribution < 1.29 is 27.1 Å². The van der Waals surface area contributed by atoms with Gasteiger partial charge in [-0.15, -0.1) is 0 Å². The molecule has 3 aromatic heterocycles. The minimum Gasteiger partial charge on any atom is -0.477 e. The van der Waals surface area contributed by atoms with Gasteiger partial charge in [0.15, 0.2) is 11.6 Å². The maximum atomic E-state index is 14.9. The van der Waals surface area contributed by atoms with Crippen LogP contribution in [0, 0.1) is 5.82 Å². The van der Waals surface area contributed by atoms with Gasteiger partial charge in [-0.3, -0.25) is 14.5 Å². The van der Waals surface area contributed by atoms with E-state index in [4.69, 9.17) is 9.47 Å². The SMILES string of the molecule is CCOc1cncc(-c2cnc(NC(=O)C(CCOC)c3ccnc(NS(=O)(=O)C4CC4)n3)c(F)c2)n1. The summed E-state index contributed by atoms with van der Waals surface area (Å²) in [5.74, 6) is -2.38. The third kappa shape index (κ3) is 6.71. The van der Waals surface area contributed by atoms with E-state index in [0.717, 1.165) is 0 Å². The second-order valence-corrected chi connectivity index (χ2v) is 10.2. The number of amides is 1. The molecule has 14 heteroatoms. The van der Waals surface area contributed by atoms with E-state index in [-0.39, 0.29) is 30.5 Å². The Morgan fingerprint density at radius 3 is 2.73 bits per heavy atom. The molecule has 37 heavy (non-hydrogen) atoms.